The summed E-state index contributed by atoms with van der Waals surface area (Å²) in [5, 5.41) is 6.69. The summed E-state index contributed by atoms with van der Waals surface area (Å²) in [6, 6.07) is 9.99. The third-order valence-electron chi connectivity index (χ3n) is 6.40. The number of nitrogens with zero attached hydrogens (tertiary/aromatic N) is 2. The van der Waals surface area contributed by atoms with Crippen LogP contribution in [0.5, 0.6) is 0 Å². The first-order chi connectivity index (χ1) is 14.8. The van der Waals surface area contributed by atoms with Gasteiger partial charge in [-0.3, -0.25) is 0 Å². The van der Waals surface area contributed by atoms with Crippen LogP contribution in [-0.4, -0.2) is 17.0 Å². The summed E-state index contributed by atoms with van der Waals surface area (Å²) in [4.78, 5) is 9.52. The summed E-state index contributed by atoms with van der Waals surface area (Å²) in [5.74, 6) is 0.405. The lowest BCUT2D eigenvalue weighted by Gasteiger charge is -2.37. The normalized spacial score (nSPS) is 20.4. The number of hydrogen-bond acceptors (Lipinski definition) is 4. The quantitative estimate of drug-likeness (QED) is 0.558. The van der Waals surface area contributed by atoms with E-state index in [1.54, 1.807) is 0 Å². The Kier molecular flexibility index (Phi) is 5.75. The number of halogens is 2. The maximum Gasteiger partial charge on any atom is 0.162 e. The molecule has 3 atom stereocenters. The fourth-order valence-electron chi connectivity index (χ4n) is 4.50. The maximum atomic E-state index is 14.7. The minimum Gasteiger partial charge on any atom is -0.363 e. The Hall–Kier alpha value is -2.86. The van der Waals surface area contributed by atoms with Crippen LogP contribution in [0, 0.1) is 38.3 Å². The van der Waals surface area contributed by atoms with Gasteiger partial charge >= 0.3 is 0 Å². The first-order valence-corrected chi connectivity index (χ1v) is 10.6. The average Bonchev–Trinajstić information content (AvgIpc) is 2.72. The highest BCUT2D eigenvalue weighted by atomic mass is 19.1. The lowest BCUT2D eigenvalue weighted by atomic mass is 9.77. The van der Waals surface area contributed by atoms with Gasteiger partial charge in [-0.2, -0.15) is 0 Å². The highest BCUT2D eigenvalue weighted by Crippen LogP contribution is 2.43. The molecule has 0 spiro atoms. The summed E-state index contributed by atoms with van der Waals surface area (Å²) < 4.78 is 28.9. The highest BCUT2D eigenvalue weighted by molar-refractivity contribution is 5.63. The van der Waals surface area contributed by atoms with Crippen LogP contribution >= 0.6 is 0 Å². The molecule has 1 heterocycles. The molecule has 0 saturated carbocycles. The molecule has 31 heavy (non-hydrogen) atoms. The second kappa shape index (κ2) is 8.35. The number of anilines is 1. The third kappa shape index (κ3) is 3.92. The van der Waals surface area contributed by atoms with E-state index in [1.807, 2.05) is 52.1 Å². The minimum absolute atomic E-state index is 0.141. The summed E-state index contributed by atoms with van der Waals surface area (Å²) >= 11 is 0. The Morgan fingerprint density at radius 3 is 2.48 bits per heavy atom. The molecular weight excluding hydrogens is 394 g/mol. The smallest absolute Gasteiger partial charge is 0.162 e. The number of rotatable bonds is 4. The maximum absolute atomic E-state index is 14.7. The Bertz CT molecular complexity index is 1130. The van der Waals surface area contributed by atoms with Crippen LogP contribution in [0.4, 0.5) is 14.6 Å². The molecule has 0 saturated heterocycles. The molecule has 1 aliphatic carbocycles. The molecule has 1 aromatic heterocycles. The molecule has 0 radical (unpaired) electrons. The van der Waals surface area contributed by atoms with Gasteiger partial charge in [0.05, 0.1) is 6.04 Å². The van der Waals surface area contributed by atoms with Gasteiger partial charge in [0.1, 0.15) is 17.5 Å². The van der Waals surface area contributed by atoms with Crippen molar-refractivity contribution >= 4 is 5.82 Å². The van der Waals surface area contributed by atoms with Crippen LogP contribution in [0.1, 0.15) is 53.4 Å². The number of aromatic nitrogens is 2. The van der Waals surface area contributed by atoms with Gasteiger partial charge in [0.2, 0.25) is 0 Å². The molecule has 162 valence electrons. The Morgan fingerprint density at radius 2 is 1.77 bits per heavy atom. The standard InChI is InChI=1S/C25H28F2N4/c1-13-8-6-7-9-18(13)25-29-16(4)15(3)24(31-25)30-23-14(2)10-21(28-5)22-19(23)11-17(26)12-20(22)27/h6-9,11-12,14,21,23,28H,10H2,1-5H3,(H,29,30,31). The van der Waals surface area contributed by atoms with E-state index in [0.717, 1.165) is 34.9 Å². The number of aryl methyl sites for hydroxylation is 2. The van der Waals surface area contributed by atoms with E-state index in [4.69, 9.17) is 9.97 Å². The Balaban J connectivity index is 1.80. The molecule has 1 aliphatic rings. The number of fused-ring (bicyclic) bond motifs is 1. The lowest BCUT2D eigenvalue weighted by Crippen LogP contribution is -2.33. The van der Waals surface area contributed by atoms with Gasteiger partial charge in [-0.05, 0) is 57.4 Å². The molecule has 2 N–H and O–H groups in total. The van der Waals surface area contributed by atoms with Crippen molar-refractivity contribution in [3.05, 3.63) is 76.0 Å². The zero-order chi connectivity index (χ0) is 22.3. The van der Waals surface area contributed by atoms with Crippen molar-refractivity contribution in [3.63, 3.8) is 0 Å². The summed E-state index contributed by atoms with van der Waals surface area (Å²) in [6.45, 7) is 8.05. The van der Waals surface area contributed by atoms with Gasteiger partial charge in [0.15, 0.2) is 5.82 Å². The second-order valence-electron chi connectivity index (χ2n) is 8.49. The summed E-state index contributed by atoms with van der Waals surface area (Å²) in [5.41, 5.74) is 5.04. The summed E-state index contributed by atoms with van der Waals surface area (Å²) in [6.07, 6.45) is 0.734. The molecular formula is C25H28F2N4. The molecule has 3 unspecified atom stereocenters. The van der Waals surface area contributed by atoms with Crippen LogP contribution in [-0.2, 0) is 0 Å². The largest absolute Gasteiger partial charge is 0.363 e. The third-order valence-corrected chi connectivity index (χ3v) is 6.40. The molecule has 0 amide bonds. The van der Waals surface area contributed by atoms with Crippen molar-refractivity contribution < 1.29 is 8.78 Å². The number of hydrogen-bond donors (Lipinski definition) is 2. The summed E-state index contributed by atoms with van der Waals surface area (Å²) in [7, 11) is 1.81. The van der Waals surface area contributed by atoms with Crippen molar-refractivity contribution in [2.75, 3.05) is 12.4 Å². The van der Waals surface area contributed by atoms with E-state index in [0.29, 0.717) is 22.8 Å². The van der Waals surface area contributed by atoms with Crippen LogP contribution < -0.4 is 10.6 Å². The van der Waals surface area contributed by atoms with Crippen molar-refractivity contribution in [2.45, 2.75) is 46.2 Å². The van der Waals surface area contributed by atoms with Gasteiger partial charge in [-0.25, -0.2) is 18.7 Å². The van der Waals surface area contributed by atoms with Gasteiger partial charge in [-0.1, -0.05) is 31.2 Å². The van der Waals surface area contributed by atoms with E-state index in [2.05, 4.69) is 17.6 Å². The van der Waals surface area contributed by atoms with Gasteiger partial charge < -0.3 is 10.6 Å². The van der Waals surface area contributed by atoms with Crippen molar-refractivity contribution in [1.82, 2.24) is 15.3 Å². The molecule has 0 bridgehead atoms. The van der Waals surface area contributed by atoms with Crippen LogP contribution in [0.2, 0.25) is 0 Å². The van der Waals surface area contributed by atoms with Crippen LogP contribution in [0.3, 0.4) is 0 Å². The topological polar surface area (TPSA) is 49.8 Å². The zero-order valence-electron chi connectivity index (χ0n) is 18.6. The molecule has 0 fully saturated rings. The predicted molar refractivity (Wildman–Crippen MR) is 120 cm³/mol. The molecule has 4 rings (SSSR count). The monoisotopic (exact) mass is 422 g/mol. The minimum atomic E-state index is -0.566. The molecule has 4 nitrogen and oxygen atoms in total. The Morgan fingerprint density at radius 1 is 1.03 bits per heavy atom. The number of benzene rings is 2. The Labute approximate surface area is 182 Å². The molecule has 3 aromatic rings. The lowest BCUT2D eigenvalue weighted by molar-refractivity contribution is 0.345. The van der Waals surface area contributed by atoms with Gasteiger partial charge in [0.25, 0.3) is 0 Å². The van der Waals surface area contributed by atoms with E-state index < -0.39 is 11.6 Å². The second-order valence-corrected chi connectivity index (χ2v) is 8.49. The first kappa shape index (κ1) is 21.4. The molecule has 0 aliphatic heterocycles. The zero-order valence-corrected chi connectivity index (χ0v) is 18.6. The molecule has 2 aromatic carbocycles. The highest BCUT2D eigenvalue weighted by Gasteiger charge is 2.35. The van der Waals surface area contributed by atoms with Crippen LogP contribution in [0.15, 0.2) is 36.4 Å². The number of nitrogens with one attached hydrogen (secondary N) is 2. The first-order valence-electron chi connectivity index (χ1n) is 10.6. The van der Waals surface area contributed by atoms with E-state index in [-0.39, 0.29) is 18.0 Å². The molecule has 6 heteroatoms. The SMILES string of the molecule is CNC1CC(C)C(Nc2nc(-c3ccccc3C)nc(C)c2C)c2cc(F)cc(F)c21. The van der Waals surface area contributed by atoms with Crippen molar-refractivity contribution in [3.8, 4) is 11.4 Å². The van der Waals surface area contributed by atoms with Gasteiger partial charge in [0, 0.05) is 34.5 Å². The van der Waals surface area contributed by atoms with E-state index in [9.17, 15) is 8.78 Å². The van der Waals surface area contributed by atoms with Gasteiger partial charge in [-0.15, -0.1) is 0 Å². The fourth-order valence-corrected chi connectivity index (χ4v) is 4.50. The fraction of sp³-hybridized carbons (Fsp3) is 0.360. The predicted octanol–water partition coefficient (Wildman–Crippen LogP) is 5.80. The van der Waals surface area contributed by atoms with E-state index >= 15 is 0 Å². The average molecular weight is 423 g/mol. The van der Waals surface area contributed by atoms with Crippen LogP contribution in [0.25, 0.3) is 11.4 Å². The van der Waals surface area contributed by atoms with Crippen molar-refractivity contribution in [2.24, 2.45) is 5.92 Å². The van der Waals surface area contributed by atoms with E-state index in [1.165, 1.54) is 6.07 Å². The van der Waals surface area contributed by atoms with Crippen molar-refractivity contribution in [1.29, 1.82) is 0 Å².